The van der Waals surface area contributed by atoms with E-state index in [0.29, 0.717) is 5.92 Å². The van der Waals surface area contributed by atoms with Gasteiger partial charge in [0.15, 0.2) is 0 Å². The lowest BCUT2D eigenvalue weighted by molar-refractivity contribution is -0.174. The summed E-state index contributed by atoms with van der Waals surface area (Å²) in [4.78, 5) is 11.8. The molecule has 4 fully saturated rings. The Hall–Kier alpha value is -0.860. The quantitative estimate of drug-likeness (QED) is 0.558. The van der Waals surface area contributed by atoms with Gasteiger partial charge in [-0.25, -0.2) is 9.18 Å². The van der Waals surface area contributed by atoms with Crippen molar-refractivity contribution in [1.29, 1.82) is 0 Å². The summed E-state index contributed by atoms with van der Waals surface area (Å²) in [6.45, 7) is 4.57. The van der Waals surface area contributed by atoms with Crippen LogP contribution < -0.4 is 0 Å². The van der Waals surface area contributed by atoms with Gasteiger partial charge in [-0.05, 0) is 62.9 Å². The minimum absolute atomic E-state index is 0.343. The summed E-state index contributed by atoms with van der Waals surface area (Å²) in [5, 5.41) is 0. The lowest BCUT2D eigenvalue weighted by atomic mass is 9.78. The summed E-state index contributed by atoms with van der Waals surface area (Å²) in [6.07, 6.45) is 6.46. The van der Waals surface area contributed by atoms with Gasteiger partial charge in [-0.15, -0.1) is 0 Å². The minimum Gasteiger partial charge on any atom is -0.456 e. The second-order valence-electron chi connectivity index (χ2n) is 6.32. The van der Waals surface area contributed by atoms with Crippen molar-refractivity contribution in [1.82, 2.24) is 0 Å². The number of rotatable bonds is 3. The molecule has 3 heteroatoms. The van der Waals surface area contributed by atoms with Gasteiger partial charge < -0.3 is 4.74 Å². The third kappa shape index (κ3) is 1.62. The van der Waals surface area contributed by atoms with Crippen molar-refractivity contribution in [3.63, 3.8) is 0 Å². The Morgan fingerprint density at radius 2 is 2.00 bits per heavy atom. The van der Waals surface area contributed by atoms with E-state index in [0.717, 1.165) is 37.2 Å². The predicted octanol–water partition coefficient (Wildman–Crippen LogP) is 3.02. The van der Waals surface area contributed by atoms with Gasteiger partial charge in [-0.1, -0.05) is 6.58 Å². The SMILES string of the molecule is C=CC(C)(F)C(=O)OC12CC3CC(C1)C(C3)C2. The highest BCUT2D eigenvalue weighted by atomic mass is 19.1. The predicted molar refractivity (Wildman–Crippen MR) is 62.1 cm³/mol. The van der Waals surface area contributed by atoms with Crippen LogP contribution in [0.1, 0.15) is 39.0 Å². The second kappa shape index (κ2) is 3.33. The van der Waals surface area contributed by atoms with Crippen molar-refractivity contribution in [3.05, 3.63) is 12.7 Å². The Labute approximate surface area is 101 Å². The number of carbonyl (C=O) groups is 1. The largest absolute Gasteiger partial charge is 0.456 e. The first-order valence-corrected chi connectivity index (χ1v) is 6.50. The fourth-order valence-electron chi connectivity index (χ4n) is 4.24. The number of halogens is 1. The van der Waals surface area contributed by atoms with Crippen molar-refractivity contribution in [2.24, 2.45) is 17.8 Å². The Bertz CT molecular complexity index is 355. The zero-order valence-electron chi connectivity index (χ0n) is 10.2. The maximum Gasteiger partial charge on any atom is 0.348 e. The van der Waals surface area contributed by atoms with Crippen LogP contribution >= 0.6 is 0 Å². The number of hydrogen-bond donors (Lipinski definition) is 0. The molecule has 0 N–H and O–H groups in total. The summed E-state index contributed by atoms with van der Waals surface area (Å²) < 4.78 is 19.3. The van der Waals surface area contributed by atoms with Crippen molar-refractivity contribution in [2.45, 2.75) is 50.3 Å². The average molecular weight is 238 g/mol. The van der Waals surface area contributed by atoms with E-state index in [1.165, 1.54) is 19.8 Å². The molecule has 0 heterocycles. The highest BCUT2D eigenvalue weighted by Gasteiger charge is 2.58. The van der Waals surface area contributed by atoms with Crippen LogP contribution in [-0.2, 0) is 9.53 Å². The summed E-state index contributed by atoms with van der Waals surface area (Å²) in [6, 6.07) is 0. The molecule has 2 nitrogen and oxygen atoms in total. The van der Waals surface area contributed by atoms with Gasteiger partial charge in [0, 0.05) is 0 Å². The van der Waals surface area contributed by atoms with Crippen LogP contribution in [0.25, 0.3) is 0 Å². The molecular weight excluding hydrogens is 219 g/mol. The third-order valence-electron chi connectivity index (χ3n) is 4.96. The van der Waals surface area contributed by atoms with E-state index < -0.39 is 11.6 Å². The first-order chi connectivity index (χ1) is 7.94. The van der Waals surface area contributed by atoms with Crippen LogP contribution in [0.15, 0.2) is 12.7 Å². The molecular formula is C14H19FO2. The molecule has 4 aliphatic carbocycles. The van der Waals surface area contributed by atoms with Gasteiger partial charge in [0.25, 0.3) is 0 Å². The van der Waals surface area contributed by atoms with Crippen molar-refractivity contribution in [2.75, 3.05) is 0 Å². The molecule has 17 heavy (non-hydrogen) atoms. The molecule has 0 amide bonds. The average Bonchev–Trinajstić information content (AvgIpc) is 2.65. The molecule has 4 bridgehead atoms. The Kier molecular flexibility index (Phi) is 2.20. The fraction of sp³-hybridized carbons (Fsp3) is 0.786. The molecule has 0 radical (unpaired) electrons. The molecule has 4 saturated carbocycles. The van der Waals surface area contributed by atoms with E-state index in [2.05, 4.69) is 6.58 Å². The Morgan fingerprint density at radius 1 is 1.41 bits per heavy atom. The maximum atomic E-state index is 13.8. The minimum atomic E-state index is -2.05. The number of hydrogen-bond acceptors (Lipinski definition) is 2. The molecule has 94 valence electrons. The summed E-state index contributed by atoms with van der Waals surface area (Å²) in [7, 11) is 0. The molecule has 0 aromatic heterocycles. The molecule has 0 aromatic rings. The van der Waals surface area contributed by atoms with Crippen molar-refractivity contribution >= 4 is 5.97 Å². The third-order valence-corrected chi connectivity index (χ3v) is 4.96. The number of alkyl halides is 1. The number of carbonyl (C=O) groups excluding carboxylic acids is 1. The standard InChI is InChI=1S/C14H19FO2/c1-3-13(2,15)12(16)17-14-6-9-4-10(7-14)11(5-9)8-14/h3,9-11H,1,4-8H2,2H3. The van der Waals surface area contributed by atoms with Crippen LogP contribution in [0.4, 0.5) is 4.39 Å². The van der Waals surface area contributed by atoms with E-state index in [1.54, 1.807) is 0 Å². The zero-order valence-corrected chi connectivity index (χ0v) is 10.2. The van der Waals surface area contributed by atoms with Crippen molar-refractivity contribution in [3.8, 4) is 0 Å². The van der Waals surface area contributed by atoms with E-state index in [4.69, 9.17) is 4.74 Å². The topological polar surface area (TPSA) is 26.3 Å². The Balaban J connectivity index is 1.74. The smallest absolute Gasteiger partial charge is 0.348 e. The lowest BCUT2D eigenvalue weighted by Gasteiger charge is -2.38. The molecule has 4 rings (SSSR count). The summed E-state index contributed by atoms with van der Waals surface area (Å²) in [5.74, 6) is 1.39. The molecule has 0 saturated heterocycles. The molecule has 4 aliphatic rings. The van der Waals surface area contributed by atoms with Crippen LogP contribution in [0.2, 0.25) is 0 Å². The van der Waals surface area contributed by atoms with Gasteiger partial charge in [-0.2, -0.15) is 0 Å². The maximum absolute atomic E-state index is 13.8. The number of esters is 1. The zero-order chi connectivity index (χ0) is 12.3. The fourth-order valence-corrected chi connectivity index (χ4v) is 4.24. The van der Waals surface area contributed by atoms with Crippen LogP contribution in [0, 0.1) is 17.8 Å². The van der Waals surface area contributed by atoms with E-state index in [9.17, 15) is 9.18 Å². The van der Waals surface area contributed by atoms with Gasteiger partial charge >= 0.3 is 5.97 Å². The van der Waals surface area contributed by atoms with Gasteiger partial charge in [0.1, 0.15) is 5.60 Å². The first kappa shape index (κ1) is 11.2. The highest BCUT2D eigenvalue weighted by Crippen LogP contribution is 2.61. The van der Waals surface area contributed by atoms with Gasteiger partial charge in [0.2, 0.25) is 5.67 Å². The van der Waals surface area contributed by atoms with E-state index in [1.807, 2.05) is 0 Å². The molecule has 3 unspecified atom stereocenters. The second-order valence-corrected chi connectivity index (χ2v) is 6.32. The van der Waals surface area contributed by atoms with E-state index >= 15 is 0 Å². The van der Waals surface area contributed by atoms with Crippen LogP contribution in [0.3, 0.4) is 0 Å². The normalized spacial score (nSPS) is 45.6. The Morgan fingerprint density at radius 3 is 2.47 bits per heavy atom. The van der Waals surface area contributed by atoms with Gasteiger partial charge in [-0.3, -0.25) is 0 Å². The molecule has 0 spiro atoms. The highest BCUT2D eigenvalue weighted by molar-refractivity contribution is 5.81. The van der Waals surface area contributed by atoms with Crippen molar-refractivity contribution < 1.29 is 13.9 Å². The summed E-state index contributed by atoms with van der Waals surface area (Å²) >= 11 is 0. The lowest BCUT2D eigenvalue weighted by Crippen LogP contribution is -2.43. The number of ether oxygens (including phenoxy) is 1. The van der Waals surface area contributed by atoms with Crippen LogP contribution in [0.5, 0.6) is 0 Å². The molecule has 0 aliphatic heterocycles. The van der Waals surface area contributed by atoms with E-state index in [-0.39, 0.29) is 5.60 Å². The van der Waals surface area contributed by atoms with Crippen LogP contribution in [-0.4, -0.2) is 17.2 Å². The molecule has 3 atom stereocenters. The monoisotopic (exact) mass is 238 g/mol. The first-order valence-electron chi connectivity index (χ1n) is 6.50. The van der Waals surface area contributed by atoms with Gasteiger partial charge in [0.05, 0.1) is 0 Å². The summed E-state index contributed by atoms with van der Waals surface area (Å²) in [5.41, 5.74) is -2.39. The molecule has 0 aromatic carbocycles.